The Hall–Kier alpha value is -9.09. The van der Waals surface area contributed by atoms with Gasteiger partial charge in [0.1, 0.15) is 23.1 Å². The average Bonchev–Trinajstić information content (AvgIpc) is 0.693. The normalized spacial score (nSPS) is 17.7. The van der Waals surface area contributed by atoms with Crippen LogP contribution in [0.2, 0.25) is 0 Å². The van der Waals surface area contributed by atoms with E-state index >= 15 is 0 Å². The molecule has 0 fully saturated rings. The molecule has 12 heteroatoms. The van der Waals surface area contributed by atoms with Crippen LogP contribution in [-0.4, -0.2) is 23.4 Å². The van der Waals surface area contributed by atoms with E-state index in [4.69, 9.17) is 19.4 Å². The number of nitrogens with zero attached hydrogens (tertiary/aromatic N) is 6. The molecule has 0 N–H and O–H groups in total. The Bertz CT molecular complexity index is 4950. The van der Waals surface area contributed by atoms with Gasteiger partial charge >= 0.3 is 0 Å². The number of aromatic nitrogens is 2. The van der Waals surface area contributed by atoms with Crippen LogP contribution in [0.25, 0.3) is 0 Å². The summed E-state index contributed by atoms with van der Waals surface area (Å²) >= 11 is 3.61. The number of ether oxygens (including phenoxy) is 2. The number of hydrogen-bond acceptors (Lipinski definition) is 10. The summed E-state index contributed by atoms with van der Waals surface area (Å²) in [5.74, 6) is 4.18. The van der Waals surface area contributed by atoms with Crippen LogP contribution in [0.4, 0.5) is 68.5 Å². The van der Waals surface area contributed by atoms with Gasteiger partial charge in [0, 0.05) is 71.5 Å². The zero-order valence-corrected chi connectivity index (χ0v) is 54.6. The van der Waals surface area contributed by atoms with E-state index in [1.54, 1.807) is 11.8 Å². The van der Waals surface area contributed by atoms with E-state index in [1.165, 1.54) is 58.4 Å². The highest BCUT2D eigenvalue weighted by Gasteiger charge is 2.51. The average molecular weight is 1230 g/mol. The van der Waals surface area contributed by atoms with Gasteiger partial charge in [-0.1, -0.05) is 182 Å². The van der Waals surface area contributed by atoms with Gasteiger partial charge in [-0.3, -0.25) is 9.80 Å². The number of para-hydroxylation sites is 6. The fourth-order valence-electron chi connectivity index (χ4n) is 16.7. The summed E-state index contributed by atoms with van der Waals surface area (Å²) in [5, 5.41) is 0. The summed E-state index contributed by atoms with van der Waals surface area (Å²) in [6, 6.07) is 76.5. The maximum atomic E-state index is 7.68. The Labute approximate surface area is 547 Å². The molecule has 0 atom stereocenters. The topological polar surface area (TPSA) is 57.2 Å². The zero-order valence-electron chi connectivity index (χ0n) is 52.9. The Balaban J connectivity index is 0.880. The van der Waals surface area contributed by atoms with E-state index in [0.717, 1.165) is 122 Å². The van der Waals surface area contributed by atoms with Gasteiger partial charge in [0.15, 0.2) is 0 Å². The van der Waals surface area contributed by atoms with Gasteiger partial charge in [-0.05, 0) is 176 Å². The molecule has 0 saturated carbocycles. The largest absolute Gasteiger partial charge is 0.440 e. The molecule has 0 saturated heterocycles. The first kappa shape index (κ1) is 54.6. The van der Waals surface area contributed by atoms with Crippen molar-refractivity contribution in [1.29, 1.82) is 0 Å². The van der Waals surface area contributed by atoms with Crippen molar-refractivity contribution in [2.45, 2.75) is 122 Å². The quantitative estimate of drug-likeness (QED) is 0.159. The van der Waals surface area contributed by atoms with Gasteiger partial charge in [-0.15, -0.1) is 0 Å². The molecule has 19 rings (SSSR count). The first-order valence-electron chi connectivity index (χ1n) is 32.6. The molecule has 0 bridgehead atoms. The fraction of sp³-hybridized carbons (Fsp3) is 0.200. The highest BCUT2D eigenvalue weighted by Crippen LogP contribution is 2.57. The molecule has 0 unspecified atom stereocenters. The van der Waals surface area contributed by atoms with Gasteiger partial charge < -0.3 is 19.3 Å². The van der Waals surface area contributed by atoms with Gasteiger partial charge in [-0.2, -0.15) is 9.97 Å². The minimum atomic E-state index is -0.268. The molecule has 0 spiro atoms. The predicted molar refractivity (Wildman–Crippen MR) is 382 cm³/mol. The number of pyridine rings is 2. The molecular weight excluding hydrogens is 1160 g/mol. The maximum absolute atomic E-state index is 7.68. The van der Waals surface area contributed by atoms with Crippen molar-refractivity contribution < 1.29 is 9.47 Å². The first-order valence-corrected chi connectivity index (χ1v) is 34.2. The molecule has 0 radical (unpaired) electrons. The third kappa shape index (κ3) is 7.83. The second-order valence-electron chi connectivity index (χ2n) is 29.0. The molecule has 2 aromatic heterocycles. The summed E-state index contributed by atoms with van der Waals surface area (Å²) in [4.78, 5) is 26.0. The van der Waals surface area contributed by atoms with Crippen LogP contribution in [0.1, 0.15) is 103 Å². The number of anilines is 12. The summed E-state index contributed by atoms with van der Waals surface area (Å²) < 4.78 is 15.2. The molecule has 92 heavy (non-hydrogen) atoms. The van der Waals surface area contributed by atoms with Gasteiger partial charge in [0.2, 0.25) is 11.8 Å². The van der Waals surface area contributed by atoms with Gasteiger partial charge in [0.25, 0.3) is 13.4 Å². The van der Waals surface area contributed by atoms with Crippen LogP contribution in [-0.2, 0) is 21.7 Å². The van der Waals surface area contributed by atoms with Crippen molar-refractivity contribution in [3.05, 3.63) is 229 Å². The van der Waals surface area contributed by atoms with Crippen molar-refractivity contribution in [3.8, 4) is 23.3 Å². The number of benzene rings is 9. The SMILES string of the molecule is CC1(C)CCC(C)(C)c2cc(N3c4cc5c(cc4B4c6cc7c(cc6Oc6nc(N8c9ccccc9Sc9ccccc98)cc3c64)Oc3nc(N4c6ccccc6Sc6ccccc64)cc4c3B7c3ccccc3N4c3ccccc3)C(C)(C)CCC5(C)C)ccc21. The molecule has 8 heterocycles. The Morgan fingerprint density at radius 2 is 0.739 bits per heavy atom. The van der Waals surface area contributed by atoms with Crippen LogP contribution in [0.15, 0.2) is 226 Å². The predicted octanol–water partition coefficient (Wildman–Crippen LogP) is 17.9. The lowest BCUT2D eigenvalue weighted by Crippen LogP contribution is -2.63. The Morgan fingerprint density at radius 1 is 0.326 bits per heavy atom. The zero-order chi connectivity index (χ0) is 61.9. The third-order valence-electron chi connectivity index (χ3n) is 21.7. The minimum absolute atomic E-state index is 0.0240. The molecule has 446 valence electrons. The lowest BCUT2D eigenvalue weighted by Gasteiger charge is -2.47. The Morgan fingerprint density at radius 3 is 1.25 bits per heavy atom. The summed E-state index contributed by atoms with van der Waals surface area (Å²) in [5.41, 5.74) is 23.3. The molecule has 11 aromatic rings. The lowest BCUT2D eigenvalue weighted by molar-refractivity contribution is 0.332. The minimum Gasteiger partial charge on any atom is -0.440 e. The van der Waals surface area contributed by atoms with E-state index in [0.29, 0.717) is 11.8 Å². The summed E-state index contributed by atoms with van der Waals surface area (Å²) in [6.07, 6.45) is 4.46. The van der Waals surface area contributed by atoms with E-state index < -0.39 is 0 Å². The van der Waals surface area contributed by atoms with Crippen molar-refractivity contribution >= 4 is 138 Å². The van der Waals surface area contributed by atoms with Crippen LogP contribution < -0.4 is 61.9 Å². The monoisotopic (exact) mass is 1230 g/mol. The maximum Gasteiger partial charge on any atom is 0.258 e. The van der Waals surface area contributed by atoms with Crippen molar-refractivity contribution in [2.24, 2.45) is 0 Å². The number of fused-ring (bicyclic) bond motifs is 14. The number of rotatable bonds is 4. The van der Waals surface area contributed by atoms with Gasteiger partial charge in [-0.25, -0.2) is 0 Å². The lowest BCUT2D eigenvalue weighted by atomic mass is 9.31. The first-order chi connectivity index (χ1) is 44.6. The van der Waals surface area contributed by atoms with Crippen LogP contribution in [0.5, 0.6) is 23.3 Å². The molecule has 8 nitrogen and oxygen atoms in total. The van der Waals surface area contributed by atoms with E-state index in [-0.39, 0.29) is 35.1 Å². The molecular formula is C80H66B2N6O2S2. The molecule has 8 aliphatic rings. The highest BCUT2D eigenvalue weighted by molar-refractivity contribution is 8.00. The molecule has 9 aromatic carbocycles. The van der Waals surface area contributed by atoms with E-state index in [9.17, 15) is 0 Å². The second kappa shape index (κ2) is 19.2. The fourth-order valence-corrected chi connectivity index (χ4v) is 18.8. The molecule has 2 aliphatic carbocycles. The molecule has 6 aliphatic heterocycles. The van der Waals surface area contributed by atoms with Crippen LogP contribution in [0.3, 0.4) is 0 Å². The Kier molecular flexibility index (Phi) is 11.4. The number of hydrogen-bond donors (Lipinski definition) is 0. The standard InChI is InChI=1S/C80H66B2N6O2S2/c1-77(2)36-37-78(3,4)50-40-48(34-35-49(50)77)86-62-42-52-51(79(5,6)38-39-80(52,7)8)41-54(62)82-56-43-55-65(46-66(56)90-76-74(82)64(86)45-72(84-76)88-60-28-16-20-32-69(60)92-70-33-21-17-29-61(70)88)89-75-73-63(85(47-22-10-9-11-23-47)57-25-13-12-24-53(57)81(55)73)44-71(83-75)87-58-26-14-18-30-67(58)91-68-31-19-15-27-59(68)87/h9-35,40-46H,36-39H2,1-8H3. The highest BCUT2D eigenvalue weighted by atomic mass is 32.2. The molecule has 0 amide bonds. The third-order valence-corrected chi connectivity index (χ3v) is 23.9. The van der Waals surface area contributed by atoms with E-state index in [2.05, 4.69) is 281 Å². The van der Waals surface area contributed by atoms with Crippen molar-refractivity contribution in [3.63, 3.8) is 0 Å². The van der Waals surface area contributed by atoms with Gasteiger partial charge in [0.05, 0.1) is 34.1 Å². The van der Waals surface area contributed by atoms with Crippen LogP contribution >= 0.6 is 23.5 Å². The smallest absolute Gasteiger partial charge is 0.258 e. The summed E-state index contributed by atoms with van der Waals surface area (Å²) in [7, 11) is 0. The second-order valence-corrected chi connectivity index (χ2v) is 31.1. The van der Waals surface area contributed by atoms with Crippen molar-refractivity contribution in [1.82, 2.24) is 9.97 Å². The summed E-state index contributed by atoms with van der Waals surface area (Å²) in [6.45, 7) is 19.1. The van der Waals surface area contributed by atoms with Crippen molar-refractivity contribution in [2.75, 3.05) is 19.6 Å². The van der Waals surface area contributed by atoms with Crippen LogP contribution in [0, 0.1) is 0 Å². The van der Waals surface area contributed by atoms with E-state index in [1.807, 2.05) is 11.8 Å².